The third-order valence-corrected chi connectivity index (χ3v) is 4.48. The summed E-state index contributed by atoms with van der Waals surface area (Å²) in [4.78, 5) is 14.7. The van der Waals surface area contributed by atoms with E-state index in [-0.39, 0.29) is 19.3 Å². The van der Waals surface area contributed by atoms with Crippen molar-refractivity contribution < 1.29 is 19.0 Å². The molecule has 0 fully saturated rings. The Balaban J connectivity index is 1.48. The van der Waals surface area contributed by atoms with Crippen LogP contribution in [-0.2, 0) is 17.9 Å². The van der Waals surface area contributed by atoms with Gasteiger partial charge in [-0.15, -0.1) is 0 Å². The maximum absolute atomic E-state index is 12.9. The largest absolute Gasteiger partial charge is 0.484 e. The van der Waals surface area contributed by atoms with Gasteiger partial charge in [-0.3, -0.25) is 4.79 Å². The first-order valence-corrected chi connectivity index (χ1v) is 9.16. The lowest BCUT2D eigenvalue weighted by Gasteiger charge is -2.23. The first-order chi connectivity index (χ1) is 13.8. The normalized spacial score (nSPS) is 11.9. The highest BCUT2D eigenvalue weighted by molar-refractivity contribution is 5.77. The summed E-state index contributed by atoms with van der Waals surface area (Å²) in [5.41, 5.74) is 2.05. The summed E-state index contributed by atoms with van der Waals surface area (Å²) in [5.74, 6) is 2.05. The molecule has 0 radical (unpaired) electrons. The number of benzene rings is 3. The molecule has 5 nitrogen and oxygen atoms in total. The van der Waals surface area contributed by atoms with Gasteiger partial charge in [0, 0.05) is 13.1 Å². The zero-order chi connectivity index (χ0) is 19.2. The smallest absolute Gasteiger partial charge is 0.261 e. The predicted octanol–water partition coefficient (Wildman–Crippen LogP) is 4.02. The Hall–Kier alpha value is -3.47. The predicted molar refractivity (Wildman–Crippen MR) is 105 cm³/mol. The molecule has 3 aromatic carbocycles. The first-order valence-electron chi connectivity index (χ1n) is 9.16. The van der Waals surface area contributed by atoms with Crippen LogP contribution in [0.3, 0.4) is 0 Å². The molecule has 28 heavy (non-hydrogen) atoms. The zero-order valence-corrected chi connectivity index (χ0v) is 15.4. The lowest BCUT2D eigenvalue weighted by atomic mass is 10.1. The molecule has 1 aliphatic heterocycles. The van der Waals surface area contributed by atoms with E-state index in [1.165, 1.54) is 0 Å². The molecule has 0 saturated carbocycles. The van der Waals surface area contributed by atoms with Gasteiger partial charge in [0.15, 0.2) is 18.1 Å². The molecule has 0 unspecified atom stereocenters. The molecule has 4 rings (SSSR count). The zero-order valence-electron chi connectivity index (χ0n) is 15.4. The fraction of sp³-hybridized carbons (Fsp3) is 0.174. The molecule has 0 atom stereocenters. The number of amides is 1. The van der Waals surface area contributed by atoms with Crippen molar-refractivity contribution in [3.63, 3.8) is 0 Å². The van der Waals surface area contributed by atoms with E-state index in [4.69, 9.17) is 14.2 Å². The Morgan fingerprint density at radius 1 is 0.821 bits per heavy atom. The molecular weight excluding hydrogens is 354 g/mol. The number of hydrogen-bond donors (Lipinski definition) is 0. The highest BCUT2D eigenvalue weighted by Crippen LogP contribution is 2.33. The minimum absolute atomic E-state index is 0.0125. The highest BCUT2D eigenvalue weighted by Gasteiger charge is 2.18. The van der Waals surface area contributed by atoms with Crippen molar-refractivity contribution in [3.8, 4) is 17.2 Å². The minimum Gasteiger partial charge on any atom is -0.484 e. The van der Waals surface area contributed by atoms with E-state index in [9.17, 15) is 4.79 Å². The number of rotatable bonds is 7. The van der Waals surface area contributed by atoms with Crippen molar-refractivity contribution in [3.05, 3.63) is 90.0 Å². The molecule has 1 heterocycles. The topological polar surface area (TPSA) is 48.0 Å². The van der Waals surface area contributed by atoms with E-state index in [0.717, 1.165) is 16.9 Å². The third-order valence-electron chi connectivity index (χ3n) is 4.48. The lowest BCUT2D eigenvalue weighted by Crippen LogP contribution is -2.34. The number of carbonyl (C=O) groups excluding carboxylic acids is 1. The monoisotopic (exact) mass is 375 g/mol. The summed E-state index contributed by atoms with van der Waals surface area (Å²) in [5, 5.41) is 0. The van der Waals surface area contributed by atoms with Gasteiger partial charge in [-0.1, -0.05) is 54.6 Å². The fourth-order valence-electron chi connectivity index (χ4n) is 3.05. The summed E-state index contributed by atoms with van der Waals surface area (Å²) in [6, 6.07) is 25.0. The van der Waals surface area contributed by atoms with Crippen molar-refractivity contribution in [1.29, 1.82) is 0 Å². The average molecular weight is 375 g/mol. The SMILES string of the molecule is O=C(COc1ccccc1)N(Cc1ccccc1)Cc1ccc2c(c1)OCO2. The summed E-state index contributed by atoms with van der Waals surface area (Å²) >= 11 is 0. The lowest BCUT2D eigenvalue weighted by molar-refractivity contribution is -0.134. The van der Waals surface area contributed by atoms with Crippen LogP contribution in [0.4, 0.5) is 0 Å². The van der Waals surface area contributed by atoms with Crippen LogP contribution < -0.4 is 14.2 Å². The second-order valence-corrected chi connectivity index (χ2v) is 6.52. The molecule has 5 heteroatoms. The van der Waals surface area contributed by atoms with Gasteiger partial charge >= 0.3 is 0 Å². The molecule has 3 aromatic rings. The van der Waals surface area contributed by atoms with Gasteiger partial charge in [0.1, 0.15) is 5.75 Å². The van der Waals surface area contributed by atoms with Crippen LogP contribution in [0, 0.1) is 0 Å². The molecule has 1 amide bonds. The molecule has 142 valence electrons. The molecule has 0 bridgehead atoms. The Labute approximate surface area is 164 Å². The number of carbonyl (C=O) groups is 1. The second-order valence-electron chi connectivity index (χ2n) is 6.52. The van der Waals surface area contributed by atoms with Crippen molar-refractivity contribution in [1.82, 2.24) is 4.90 Å². The number of para-hydroxylation sites is 1. The highest BCUT2D eigenvalue weighted by atomic mass is 16.7. The van der Waals surface area contributed by atoms with E-state index in [1.807, 2.05) is 78.9 Å². The molecule has 0 N–H and O–H groups in total. The van der Waals surface area contributed by atoms with Crippen molar-refractivity contribution in [2.45, 2.75) is 13.1 Å². The van der Waals surface area contributed by atoms with Crippen LogP contribution in [0.1, 0.15) is 11.1 Å². The van der Waals surface area contributed by atoms with Gasteiger partial charge < -0.3 is 19.1 Å². The average Bonchev–Trinajstić information content (AvgIpc) is 3.21. The summed E-state index contributed by atoms with van der Waals surface area (Å²) in [6.45, 7) is 1.19. The number of ether oxygens (including phenoxy) is 3. The molecule has 0 saturated heterocycles. The number of hydrogen-bond acceptors (Lipinski definition) is 4. The molecule has 0 spiro atoms. The second kappa shape index (κ2) is 8.48. The molecule has 0 aromatic heterocycles. The summed E-state index contributed by atoms with van der Waals surface area (Å²) in [6.07, 6.45) is 0. The van der Waals surface area contributed by atoms with E-state index in [1.54, 1.807) is 4.90 Å². The standard InChI is InChI=1S/C23H21NO4/c25-23(16-26-20-9-5-2-6-10-20)24(14-18-7-3-1-4-8-18)15-19-11-12-21-22(13-19)28-17-27-21/h1-13H,14-17H2. The maximum atomic E-state index is 12.9. The number of fused-ring (bicyclic) bond motifs is 1. The van der Waals surface area contributed by atoms with Crippen LogP contribution in [0.15, 0.2) is 78.9 Å². The Morgan fingerprint density at radius 2 is 1.50 bits per heavy atom. The van der Waals surface area contributed by atoms with Gasteiger partial charge in [0.05, 0.1) is 0 Å². The quantitative estimate of drug-likeness (QED) is 0.626. The van der Waals surface area contributed by atoms with Crippen LogP contribution in [0.25, 0.3) is 0 Å². The van der Waals surface area contributed by atoms with Crippen molar-refractivity contribution in [2.24, 2.45) is 0 Å². The first kappa shape index (κ1) is 17.9. The van der Waals surface area contributed by atoms with Gasteiger partial charge in [0.2, 0.25) is 6.79 Å². The van der Waals surface area contributed by atoms with Crippen molar-refractivity contribution >= 4 is 5.91 Å². The summed E-state index contributed by atoms with van der Waals surface area (Å²) < 4.78 is 16.5. The van der Waals surface area contributed by atoms with E-state index < -0.39 is 0 Å². The van der Waals surface area contributed by atoms with Gasteiger partial charge in [-0.25, -0.2) is 0 Å². The van der Waals surface area contributed by atoms with Gasteiger partial charge in [-0.2, -0.15) is 0 Å². The van der Waals surface area contributed by atoms with Crippen LogP contribution >= 0.6 is 0 Å². The molecule has 0 aliphatic carbocycles. The molecule has 1 aliphatic rings. The van der Waals surface area contributed by atoms with Crippen molar-refractivity contribution in [2.75, 3.05) is 13.4 Å². The Morgan fingerprint density at radius 3 is 2.29 bits per heavy atom. The third kappa shape index (κ3) is 4.43. The Kier molecular flexibility index (Phi) is 5.43. The maximum Gasteiger partial charge on any atom is 0.261 e. The fourth-order valence-corrected chi connectivity index (χ4v) is 3.05. The van der Waals surface area contributed by atoms with E-state index in [2.05, 4.69) is 0 Å². The Bertz CT molecular complexity index is 928. The summed E-state index contributed by atoms with van der Waals surface area (Å²) in [7, 11) is 0. The molecular formula is C23H21NO4. The van der Waals surface area contributed by atoms with E-state index in [0.29, 0.717) is 24.6 Å². The van der Waals surface area contributed by atoms with Crippen LogP contribution in [-0.4, -0.2) is 24.2 Å². The minimum atomic E-state index is -0.0784. The van der Waals surface area contributed by atoms with Crippen LogP contribution in [0.5, 0.6) is 17.2 Å². The van der Waals surface area contributed by atoms with Gasteiger partial charge in [0.25, 0.3) is 5.91 Å². The van der Waals surface area contributed by atoms with E-state index >= 15 is 0 Å². The van der Waals surface area contributed by atoms with Gasteiger partial charge in [-0.05, 0) is 35.4 Å². The van der Waals surface area contributed by atoms with Crippen LogP contribution in [0.2, 0.25) is 0 Å². The number of nitrogens with zero attached hydrogens (tertiary/aromatic N) is 1.